The van der Waals surface area contributed by atoms with Gasteiger partial charge in [-0.05, 0) is 39.6 Å². The summed E-state index contributed by atoms with van der Waals surface area (Å²) in [6, 6.07) is 6.08. The number of benzene rings is 1. The summed E-state index contributed by atoms with van der Waals surface area (Å²) in [6.45, 7) is 0.919. The van der Waals surface area contributed by atoms with Gasteiger partial charge in [-0.3, -0.25) is 0 Å². The maximum Gasteiger partial charge on any atom is 0.127 e. The molecule has 0 amide bonds. The molecule has 1 aromatic rings. The van der Waals surface area contributed by atoms with Gasteiger partial charge in [0.25, 0.3) is 0 Å². The van der Waals surface area contributed by atoms with Crippen LogP contribution in [-0.2, 0) is 107 Å². The molecule has 1 aliphatic heterocycles. The zero-order valence-corrected chi connectivity index (χ0v) is 23.8. The smallest absolute Gasteiger partial charge is 0.127 e. The highest BCUT2D eigenvalue weighted by Crippen LogP contribution is 2.37. The number of carbonyl (C=O) groups is 1. The van der Waals surface area contributed by atoms with Crippen LogP contribution >= 0.6 is 25.3 Å². The highest BCUT2D eigenvalue weighted by Gasteiger charge is 2.22. The van der Waals surface area contributed by atoms with Crippen molar-refractivity contribution in [1.82, 2.24) is 0 Å². The number of hydrogen-bond donors (Lipinski definition) is 0. The van der Waals surface area contributed by atoms with Crippen molar-refractivity contribution in [1.29, 1.82) is 0 Å². The van der Waals surface area contributed by atoms with E-state index in [0.29, 0.717) is 0 Å². The normalized spacial score (nSPS) is 14.5. The van der Waals surface area contributed by atoms with E-state index in [1.54, 1.807) is 62.2 Å². The van der Waals surface area contributed by atoms with Gasteiger partial charge in [-0.2, -0.15) is 0 Å². The molecule has 2 nitrogen and oxygen atoms in total. The SMILES string of the molecule is O=CC1CCN(P)c2ccc(Br)cc21.S=S=S=S=S=S=S=S=S=S=S. The summed E-state index contributed by atoms with van der Waals surface area (Å²) in [5.74, 6) is 0.0549. The Kier molecular flexibility index (Phi) is 15.9. The van der Waals surface area contributed by atoms with Crippen LogP contribution in [0.25, 0.3) is 0 Å². The number of hydrogen-bond acceptors (Lipinski definition) is 4. The van der Waals surface area contributed by atoms with Crippen LogP contribution < -0.4 is 4.67 Å². The standard InChI is InChI=1S/C10H11BrNOP.S11/c11-8-1-2-10-9(5-8)7(6-13)3-4-12(10)14;1-3-5-7-9-11-10-8-6-4-2/h1-2,5-7H,3-4,14H2;. The fourth-order valence-electron chi connectivity index (χ4n) is 1.86. The van der Waals surface area contributed by atoms with E-state index in [4.69, 9.17) is 0 Å². The molecular weight excluding hydrogens is 614 g/mol. The predicted octanol–water partition coefficient (Wildman–Crippen LogP) is 2.71. The Balaban J connectivity index is 0.000000260. The fourth-order valence-corrected chi connectivity index (χ4v) is 21.8. The third-order valence-corrected chi connectivity index (χ3v) is 21.6. The first-order chi connectivity index (χ1) is 12.1. The van der Waals surface area contributed by atoms with Crippen LogP contribution in [-0.4, -0.2) is 12.8 Å². The van der Waals surface area contributed by atoms with Gasteiger partial charge < -0.3 is 9.46 Å². The van der Waals surface area contributed by atoms with Crippen LogP contribution in [0.3, 0.4) is 0 Å². The van der Waals surface area contributed by atoms with Crippen molar-refractivity contribution in [2.45, 2.75) is 12.3 Å². The van der Waals surface area contributed by atoms with Crippen LogP contribution in [0.2, 0.25) is 0 Å². The van der Waals surface area contributed by atoms with Crippen molar-refractivity contribution in [3.8, 4) is 0 Å². The summed E-state index contributed by atoms with van der Waals surface area (Å²) < 4.78 is 3.14. The van der Waals surface area contributed by atoms with E-state index in [-0.39, 0.29) is 5.92 Å². The summed E-state index contributed by atoms with van der Waals surface area (Å²) in [5, 5.41) is 0. The van der Waals surface area contributed by atoms with Gasteiger partial charge in [0.15, 0.2) is 0 Å². The number of aldehydes is 1. The Morgan fingerprint density at radius 2 is 1.64 bits per heavy atom. The summed E-state index contributed by atoms with van der Waals surface area (Å²) >= 11 is 12.8. The lowest BCUT2D eigenvalue weighted by Gasteiger charge is -2.30. The average molecular weight is 625 g/mol. The molecule has 0 saturated heterocycles. The maximum atomic E-state index is 10.9. The number of rotatable bonds is 1. The lowest BCUT2D eigenvalue weighted by Crippen LogP contribution is -2.22. The minimum atomic E-state index is 0.0549. The van der Waals surface area contributed by atoms with Crippen LogP contribution in [0.15, 0.2) is 22.7 Å². The van der Waals surface area contributed by atoms with E-state index in [9.17, 15) is 4.79 Å². The number of carbonyl (C=O) groups excluding carboxylic acids is 1. The van der Waals surface area contributed by atoms with Gasteiger partial charge in [0, 0.05) is 125 Å². The van der Waals surface area contributed by atoms with Gasteiger partial charge in [0.05, 0.1) is 0 Å². The second kappa shape index (κ2) is 15.9. The quantitative estimate of drug-likeness (QED) is 0.354. The molecule has 0 fully saturated rings. The lowest BCUT2D eigenvalue weighted by atomic mass is 9.92. The van der Waals surface area contributed by atoms with Crippen molar-refractivity contribution in [2.75, 3.05) is 11.2 Å². The molecule has 1 aliphatic rings. The number of fused-ring (bicyclic) bond motifs is 1. The zero-order chi connectivity index (χ0) is 18.5. The molecule has 0 aliphatic carbocycles. The third kappa shape index (κ3) is 10.4. The molecular formula is C10H11BrNOPS11. The predicted molar refractivity (Wildman–Crippen MR) is 146 cm³/mol. The minimum absolute atomic E-state index is 0.0549. The summed E-state index contributed by atoms with van der Waals surface area (Å²) in [6.07, 6.45) is 1.94. The molecule has 0 aromatic heterocycles. The fraction of sp³-hybridized carbons (Fsp3) is 0.300. The van der Waals surface area contributed by atoms with E-state index >= 15 is 0 Å². The lowest BCUT2D eigenvalue weighted by molar-refractivity contribution is -0.109. The van der Waals surface area contributed by atoms with Gasteiger partial charge in [-0.1, -0.05) is 15.9 Å². The van der Waals surface area contributed by atoms with E-state index in [0.717, 1.165) is 35.0 Å². The van der Waals surface area contributed by atoms with E-state index in [1.165, 1.54) is 17.8 Å². The molecule has 0 N–H and O–H groups in total. The molecule has 0 radical (unpaired) electrons. The Hall–Kier alpha value is 2.02. The minimum Gasteiger partial charge on any atom is -0.356 e. The Morgan fingerprint density at radius 3 is 2.16 bits per heavy atom. The Labute approximate surface area is 193 Å². The average Bonchev–Trinajstić information content (AvgIpc) is 2.62. The van der Waals surface area contributed by atoms with Crippen LogP contribution in [0, 0.1) is 0 Å². The van der Waals surface area contributed by atoms with Gasteiger partial charge in [0.1, 0.15) is 6.29 Å². The number of halogens is 1. The molecule has 2 unspecified atom stereocenters. The van der Waals surface area contributed by atoms with Crippen molar-refractivity contribution in [2.24, 2.45) is 0 Å². The Bertz CT molecular complexity index is 950. The van der Waals surface area contributed by atoms with Gasteiger partial charge in [-0.15, -0.1) is 0 Å². The molecule has 15 heteroatoms. The van der Waals surface area contributed by atoms with Crippen molar-refractivity contribution >= 4 is 140 Å². The first kappa shape index (κ1) is 25.1. The second-order valence-corrected chi connectivity index (χ2v) is 21.5. The zero-order valence-electron chi connectivity index (χ0n) is 12.1. The van der Waals surface area contributed by atoms with Gasteiger partial charge in [0.2, 0.25) is 0 Å². The summed E-state index contributed by atoms with van der Waals surface area (Å²) in [4.78, 5) is 10.9. The van der Waals surface area contributed by atoms with Crippen molar-refractivity contribution < 1.29 is 4.79 Å². The topological polar surface area (TPSA) is 20.3 Å². The molecule has 0 saturated carbocycles. The molecule has 140 valence electrons. The highest BCUT2D eigenvalue weighted by atomic mass is 79.9. The largest absolute Gasteiger partial charge is 0.356 e. The molecule has 25 heavy (non-hydrogen) atoms. The molecule has 0 bridgehead atoms. The van der Waals surface area contributed by atoms with Gasteiger partial charge in [-0.25, -0.2) is 0 Å². The second-order valence-electron chi connectivity index (χ2n) is 4.04. The van der Waals surface area contributed by atoms with Crippen LogP contribution in [0.1, 0.15) is 17.9 Å². The first-order valence-corrected chi connectivity index (χ1v) is 20.8. The molecule has 2 rings (SSSR count). The summed E-state index contributed by atoms with van der Waals surface area (Å²) in [5.41, 5.74) is 2.26. The Morgan fingerprint density at radius 1 is 1.08 bits per heavy atom. The maximum absolute atomic E-state index is 10.9. The van der Waals surface area contributed by atoms with E-state index < -0.39 is 0 Å². The molecule has 1 aromatic carbocycles. The highest BCUT2D eigenvalue weighted by molar-refractivity contribution is 9.10. The number of nitrogens with zero attached hydrogens (tertiary/aromatic N) is 1. The van der Waals surface area contributed by atoms with Crippen LogP contribution in [0.4, 0.5) is 5.69 Å². The molecule has 1 heterocycles. The van der Waals surface area contributed by atoms with Crippen molar-refractivity contribution in [3.05, 3.63) is 28.2 Å². The van der Waals surface area contributed by atoms with Crippen LogP contribution in [0.5, 0.6) is 0 Å². The van der Waals surface area contributed by atoms with Crippen molar-refractivity contribution in [3.63, 3.8) is 0 Å². The molecule has 0 spiro atoms. The monoisotopic (exact) mass is 623 g/mol. The van der Waals surface area contributed by atoms with Gasteiger partial charge >= 0.3 is 0 Å². The number of anilines is 1. The van der Waals surface area contributed by atoms with E-state index in [1.807, 2.05) is 18.2 Å². The van der Waals surface area contributed by atoms with E-state index in [2.05, 4.69) is 52.4 Å². The molecule has 2 atom stereocenters. The third-order valence-electron chi connectivity index (χ3n) is 2.77. The summed E-state index contributed by atoms with van der Waals surface area (Å²) in [7, 11) is 17.2. The first-order valence-electron chi connectivity index (χ1n) is 6.16.